The van der Waals surface area contributed by atoms with Crippen LogP contribution in [0.15, 0.2) is 91.0 Å². The zero-order valence-corrected chi connectivity index (χ0v) is 18.4. The third-order valence-corrected chi connectivity index (χ3v) is 5.40. The predicted octanol–water partition coefficient (Wildman–Crippen LogP) is 5.54. The fourth-order valence-corrected chi connectivity index (χ4v) is 4.18. The van der Waals surface area contributed by atoms with Crippen molar-refractivity contribution in [2.45, 2.75) is 18.6 Å². The van der Waals surface area contributed by atoms with Crippen LogP contribution < -0.4 is 0 Å². The number of benzene rings is 3. The van der Waals surface area contributed by atoms with E-state index in [1.165, 1.54) is 22.9 Å². The minimum Gasteiger partial charge on any atom is -0.481 e. The van der Waals surface area contributed by atoms with Crippen LogP contribution in [0.5, 0.6) is 0 Å². The monoisotopic (exact) mass is 437 g/mol. The average molecular weight is 438 g/mol. The molecule has 0 aliphatic heterocycles. The van der Waals surface area contributed by atoms with E-state index in [-0.39, 0.29) is 4.75 Å². The van der Waals surface area contributed by atoms with Crippen LogP contribution in [0, 0.1) is 5.41 Å². The minimum absolute atomic E-state index is 0.304. The zero-order valence-electron chi connectivity index (χ0n) is 17.6. The maximum Gasteiger partial charge on any atom is 0.300 e. The molecule has 0 unspecified atom stereocenters. The summed E-state index contributed by atoms with van der Waals surface area (Å²) in [6.45, 7) is 2.17. The molecule has 0 heterocycles. The number of hydrogen-bond donors (Lipinski definition) is 3. The summed E-state index contributed by atoms with van der Waals surface area (Å²) >= 11 is 1.79. The lowest BCUT2D eigenvalue weighted by Gasteiger charge is -2.35. The van der Waals surface area contributed by atoms with Crippen molar-refractivity contribution < 1.29 is 19.8 Å². The quantitative estimate of drug-likeness (QED) is 0.347. The molecule has 0 saturated carbocycles. The Bertz CT molecular complexity index is 815. The van der Waals surface area contributed by atoms with E-state index in [0.29, 0.717) is 5.75 Å². The van der Waals surface area contributed by atoms with Crippen molar-refractivity contribution in [3.05, 3.63) is 108 Å². The zero-order chi connectivity index (χ0) is 23.1. The fourth-order valence-electron chi connectivity index (χ4n) is 2.94. The van der Waals surface area contributed by atoms with Gasteiger partial charge in [-0.3, -0.25) is 9.59 Å². The van der Waals surface area contributed by atoms with Gasteiger partial charge in [-0.25, -0.2) is 0 Å². The molecule has 0 spiro atoms. The van der Waals surface area contributed by atoms with Gasteiger partial charge in [0.25, 0.3) is 11.9 Å². The van der Waals surface area contributed by atoms with E-state index < -0.39 is 11.9 Å². The van der Waals surface area contributed by atoms with Crippen molar-refractivity contribution in [2.75, 3.05) is 5.75 Å². The molecule has 0 aliphatic rings. The van der Waals surface area contributed by atoms with Crippen LogP contribution in [0.2, 0.25) is 0 Å². The lowest BCUT2D eigenvalue weighted by molar-refractivity contribution is -0.135. The molecular formula is C25H27NO4S. The second kappa shape index (κ2) is 13.8. The summed E-state index contributed by atoms with van der Waals surface area (Å²) in [5.74, 6) is -1.00. The third kappa shape index (κ3) is 8.48. The highest BCUT2D eigenvalue weighted by Gasteiger charge is 2.36. The van der Waals surface area contributed by atoms with Crippen LogP contribution in [0.1, 0.15) is 30.5 Å². The van der Waals surface area contributed by atoms with Gasteiger partial charge in [0, 0.05) is 25.8 Å². The number of carboxylic acids is 2. The number of carboxylic acid groups (broad SMARTS) is 2. The Morgan fingerprint density at radius 3 is 1.23 bits per heavy atom. The number of aliphatic carboxylic acids is 2. The van der Waals surface area contributed by atoms with Gasteiger partial charge >= 0.3 is 0 Å². The summed E-state index contributed by atoms with van der Waals surface area (Å²) in [5, 5.41) is 22.4. The first kappa shape index (κ1) is 25.7. The lowest BCUT2D eigenvalue weighted by atomic mass is 9.84. The summed E-state index contributed by atoms with van der Waals surface area (Å²) in [4.78, 5) is 18.0. The topological polar surface area (TPSA) is 98.4 Å². The molecule has 0 saturated heterocycles. The molecular weight excluding hydrogens is 410 g/mol. The molecule has 0 bridgehead atoms. The SMILES string of the molecule is CC(=O)O.CC(=O)O.N=CCSC(c1ccccc1)(c1ccccc1)c1ccccc1. The van der Waals surface area contributed by atoms with Gasteiger partial charge in [-0.05, 0) is 16.7 Å². The maximum atomic E-state index is 9.00. The van der Waals surface area contributed by atoms with Crippen molar-refractivity contribution in [3.63, 3.8) is 0 Å². The molecule has 0 atom stereocenters. The van der Waals surface area contributed by atoms with Crippen molar-refractivity contribution in [3.8, 4) is 0 Å². The summed E-state index contributed by atoms with van der Waals surface area (Å²) in [6, 6.07) is 31.7. The van der Waals surface area contributed by atoms with E-state index in [1.807, 2.05) is 18.2 Å². The van der Waals surface area contributed by atoms with Crippen molar-refractivity contribution in [1.29, 1.82) is 5.41 Å². The normalized spacial score (nSPS) is 9.87. The van der Waals surface area contributed by atoms with Crippen molar-refractivity contribution >= 4 is 29.9 Å². The smallest absolute Gasteiger partial charge is 0.300 e. The van der Waals surface area contributed by atoms with Gasteiger partial charge < -0.3 is 15.6 Å². The second-order valence-electron chi connectivity index (χ2n) is 6.33. The van der Waals surface area contributed by atoms with Gasteiger partial charge in [0.05, 0.1) is 4.75 Å². The van der Waals surface area contributed by atoms with Gasteiger partial charge in [-0.15, -0.1) is 11.8 Å². The molecule has 6 heteroatoms. The first-order chi connectivity index (χ1) is 14.8. The Kier molecular flexibility index (Phi) is 11.4. The van der Waals surface area contributed by atoms with Gasteiger partial charge in [0.2, 0.25) is 0 Å². The third-order valence-electron chi connectivity index (χ3n) is 3.92. The van der Waals surface area contributed by atoms with E-state index in [1.54, 1.807) is 11.8 Å². The number of nitrogens with one attached hydrogen (secondary N) is 1. The number of thioether (sulfide) groups is 1. The molecule has 162 valence electrons. The highest BCUT2D eigenvalue weighted by molar-refractivity contribution is 8.01. The average Bonchev–Trinajstić information content (AvgIpc) is 2.76. The van der Waals surface area contributed by atoms with E-state index in [9.17, 15) is 0 Å². The number of rotatable bonds is 6. The molecule has 0 aliphatic carbocycles. The number of carbonyl (C=O) groups is 2. The van der Waals surface area contributed by atoms with Crippen LogP contribution in [0.25, 0.3) is 0 Å². The molecule has 31 heavy (non-hydrogen) atoms. The molecule has 0 fully saturated rings. The van der Waals surface area contributed by atoms with Crippen LogP contribution in [0.3, 0.4) is 0 Å². The standard InChI is InChI=1S/C21H19NS.2C2H4O2/c22-16-17-23-21(18-10-4-1-5-11-18,19-12-6-2-7-13-19)20-14-8-3-9-15-20;2*1-2(3)4/h1-16,22H,17H2;2*1H3,(H,3,4). The summed E-state index contributed by atoms with van der Waals surface area (Å²) in [6.07, 6.45) is 1.48. The maximum absolute atomic E-state index is 9.00. The van der Waals surface area contributed by atoms with Crippen molar-refractivity contribution in [2.24, 2.45) is 0 Å². The van der Waals surface area contributed by atoms with Crippen LogP contribution in [-0.4, -0.2) is 34.1 Å². The molecule has 5 nitrogen and oxygen atoms in total. The van der Waals surface area contributed by atoms with E-state index in [0.717, 1.165) is 13.8 Å². The van der Waals surface area contributed by atoms with Gasteiger partial charge in [-0.1, -0.05) is 91.0 Å². The molecule has 3 aromatic rings. The summed E-state index contributed by atoms with van der Waals surface area (Å²) in [5.41, 5.74) is 3.72. The highest BCUT2D eigenvalue weighted by Crippen LogP contribution is 2.47. The van der Waals surface area contributed by atoms with E-state index >= 15 is 0 Å². The minimum atomic E-state index is -0.833. The van der Waals surface area contributed by atoms with Gasteiger partial charge in [0.1, 0.15) is 0 Å². The Morgan fingerprint density at radius 2 is 1.00 bits per heavy atom. The van der Waals surface area contributed by atoms with Gasteiger partial charge in [-0.2, -0.15) is 0 Å². The van der Waals surface area contributed by atoms with Crippen LogP contribution >= 0.6 is 11.8 Å². The Labute approximate surface area is 187 Å². The predicted molar refractivity (Wildman–Crippen MR) is 127 cm³/mol. The van der Waals surface area contributed by atoms with E-state index in [4.69, 9.17) is 25.2 Å². The van der Waals surface area contributed by atoms with Crippen molar-refractivity contribution in [1.82, 2.24) is 0 Å². The lowest BCUT2D eigenvalue weighted by Crippen LogP contribution is -2.26. The van der Waals surface area contributed by atoms with E-state index in [2.05, 4.69) is 72.8 Å². The summed E-state index contributed by atoms with van der Waals surface area (Å²) < 4.78 is -0.304. The molecule has 0 radical (unpaired) electrons. The molecule has 3 aromatic carbocycles. The highest BCUT2D eigenvalue weighted by atomic mass is 32.2. The first-order valence-electron chi connectivity index (χ1n) is 9.53. The van der Waals surface area contributed by atoms with Gasteiger partial charge in [0.15, 0.2) is 0 Å². The van der Waals surface area contributed by atoms with Crippen LogP contribution in [0.4, 0.5) is 0 Å². The molecule has 0 amide bonds. The summed E-state index contributed by atoms with van der Waals surface area (Å²) in [7, 11) is 0. The van der Waals surface area contributed by atoms with Crippen LogP contribution in [-0.2, 0) is 14.3 Å². The fraction of sp³-hybridized carbons (Fsp3) is 0.160. The molecule has 3 rings (SSSR count). The Hall–Kier alpha value is -3.38. The molecule has 3 N–H and O–H groups in total. The first-order valence-corrected chi connectivity index (χ1v) is 10.5. The Morgan fingerprint density at radius 1 is 0.742 bits per heavy atom. The second-order valence-corrected chi connectivity index (χ2v) is 7.57. The Balaban J connectivity index is 0.000000519. The molecule has 0 aromatic heterocycles. The largest absolute Gasteiger partial charge is 0.481 e. The number of hydrogen-bond acceptors (Lipinski definition) is 4.